The van der Waals surface area contributed by atoms with E-state index in [9.17, 15) is 9.59 Å². The number of hydrogen-bond donors (Lipinski definition) is 0. The first-order valence-corrected chi connectivity index (χ1v) is 9.63. The van der Waals surface area contributed by atoms with E-state index in [0.717, 1.165) is 23.0 Å². The van der Waals surface area contributed by atoms with Crippen molar-refractivity contribution >= 4 is 28.4 Å². The molecule has 0 spiro atoms. The van der Waals surface area contributed by atoms with Gasteiger partial charge in [0.2, 0.25) is 0 Å². The van der Waals surface area contributed by atoms with E-state index in [2.05, 4.69) is 0 Å². The molecule has 2 aliphatic rings. The normalized spacial score (nSPS) is 21.3. The van der Waals surface area contributed by atoms with Gasteiger partial charge in [0, 0.05) is 60.3 Å². The van der Waals surface area contributed by atoms with E-state index in [-0.39, 0.29) is 17.4 Å². The second-order valence-corrected chi connectivity index (χ2v) is 8.14. The summed E-state index contributed by atoms with van der Waals surface area (Å²) in [6, 6.07) is 13.1. The Morgan fingerprint density at radius 3 is 2.81 bits per heavy atom. The maximum atomic E-state index is 13.3. The Balaban J connectivity index is 1.49. The van der Waals surface area contributed by atoms with E-state index in [1.165, 1.54) is 0 Å². The quantitative estimate of drug-likeness (QED) is 0.649. The summed E-state index contributed by atoms with van der Waals surface area (Å²) < 4.78 is 3.81. The second-order valence-electron chi connectivity index (χ2n) is 7.70. The Hall–Kier alpha value is -2.53. The Labute approximate surface area is 161 Å². The topological polar surface area (TPSA) is 47.2 Å². The number of carbonyl (C=O) groups excluding carboxylic acids is 1. The van der Waals surface area contributed by atoms with E-state index in [4.69, 9.17) is 11.6 Å². The van der Waals surface area contributed by atoms with Crippen LogP contribution < -0.4 is 5.56 Å². The molecule has 6 heteroatoms. The van der Waals surface area contributed by atoms with Crippen LogP contribution in [0.25, 0.3) is 10.9 Å². The summed E-state index contributed by atoms with van der Waals surface area (Å²) in [5.74, 6) is 0.593. The molecule has 3 aromatic rings. The molecule has 0 aliphatic carbocycles. The second kappa shape index (κ2) is 5.99. The molecule has 0 N–H and O–H groups in total. The molecule has 2 atom stereocenters. The number of likely N-dealkylation sites (tertiary alicyclic amines) is 1. The molecular formula is C21H20ClN3O2. The number of nitrogens with zero attached hydrogens (tertiary/aromatic N) is 3. The Kier molecular flexibility index (Phi) is 3.69. The molecule has 4 heterocycles. The van der Waals surface area contributed by atoms with Crippen molar-refractivity contribution in [3.63, 3.8) is 0 Å². The third-order valence-corrected chi connectivity index (χ3v) is 6.23. The Bertz CT molecular complexity index is 1130. The van der Waals surface area contributed by atoms with Gasteiger partial charge >= 0.3 is 0 Å². The third kappa shape index (κ3) is 2.60. The standard InChI is InChI=1S/C21H20ClN3O2/c1-23-18-9-16(22)6-5-14(18)8-19(23)21(27)24-10-13-7-15(12-24)17-3-2-4-20(26)25(17)11-13/h2-6,8-9,13,15H,7,10-12H2,1H3/t13-,15+/m1/s1. The van der Waals surface area contributed by atoms with Gasteiger partial charge < -0.3 is 14.0 Å². The summed E-state index contributed by atoms with van der Waals surface area (Å²) in [6.07, 6.45) is 1.04. The van der Waals surface area contributed by atoms with Gasteiger partial charge in [-0.05, 0) is 36.6 Å². The molecular weight excluding hydrogens is 362 g/mol. The zero-order valence-corrected chi connectivity index (χ0v) is 15.8. The molecule has 5 rings (SSSR count). The highest BCUT2D eigenvalue weighted by molar-refractivity contribution is 6.31. The minimum absolute atomic E-state index is 0.0475. The molecule has 1 amide bonds. The van der Waals surface area contributed by atoms with E-state index in [1.54, 1.807) is 6.07 Å². The number of pyridine rings is 1. The number of piperidine rings is 1. The summed E-state index contributed by atoms with van der Waals surface area (Å²) >= 11 is 6.12. The van der Waals surface area contributed by atoms with Crippen molar-refractivity contribution < 1.29 is 4.79 Å². The van der Waals surface area contributed by atoms with Crippen molar-refractivity contribution in [2.75, 3.05) is 13.1 Å². The number of aromatic nitrogens is 2. The lowest BCUT2D eigenvalue weighted by atomic mass is 9.83. The van der Waals surface area contributed by atoms with Crippen molar-refractivity contribution in [1.29, 1.82) is 0 Å². The van der Waals surface area contributed by atoms with Crippen LogP contribution in [0.2, 0.25) is 5.02 Å². The predicted molar refractivity (Wildman–Crippen MR) is 105 cm³/mol. The zero-order valence-electron chi connectivity index (χ0n) is 15.1. The lowest BCUT2D eigenvalue weighted by molar-refractivity contribution is 0.0585. The van der Waals surface area contributed by atoms with Crippen LogP contribution in [0.1, 0.15) is 28.5 Å². The van der Waals surface area contributed by atoms with Crippen LogP contribution >= 0.6 is 11.6 Å². The van der Waals surface area contributed by atoms with Crippen molar-refractivity contribution in [3.8, 4) is 0 Å². The van der Waals surface area contributed by atoms with Gasteiger partial charge in [-0.1, -0.05) is 23.7 Å². The van der Waals surface area contributed by atoms with Crippen molar-refractivity contribution in [2.45, 2.75) is 18.9 Å². The van der Waals surface area contributed by atoms with Crippen LogP contribution in [-0.4, -0.2) is 33.0 Å². The fraction of sp³-hybridized carbons (Fsp3) is 0.333. The first-order chi connectivity index (χ1) is 13.0. The van der Waals surface area contributed by atoms with Gasteiger partial charge in [-0.2, -0.15) is 0 Å². The van der Waals surface area contributed by atoms with Gasteiger partial charge in [-0.15, -0.1) is 0 Å². The number of hydrogen-bond acceptors (Lipinski definition) is 2. The zero-order chi connectivity index (χ0) is 18.7. The molecule has 2 aromatic heterocycles. The number of rotatable bonds is 1. The van der Waals surface area contributed by atoms with Crippen molar-refractivity contribution in [2.24, 2.45) is 13.0 Å². The van der Waals surface area contributed by atoms with Crippen LogP contribution in [0.15, 0.2) is 47.3 Å². The van der Waals surface area contributed by atoms with Gasteiger partial charge in [-0.25, -0.2) is 0 Å². The molecule has 0 radical (unpaired) electrons. The van der Waals surface area contributed by atoms with Crippen LogP contribution in [-0.2, 0) is 13.6 Å². The number of halogens is 1. The van der Waals surface area contributed by atoms with Gasteiger partial charge in [0.25, 0.3) is 11.5 Å². The molecule has 27 heavy (non-hydrogen) atoms. The highest BCUT2D eigenvalue weighted by Crippen LogP contribution is 2.35. The third-order valence-electron chi connectivity index (χ3n) is 5.99. The van der Waals surface area contributed by atoms with Crippen molar-refractivity contribution in [3.05, 3.63) is 69.2 Å². The monoisotopic (exact) mass is 381 g/mol. The smallest absolute Gasteiger partial charge is 0.270 e. The van der Waals surface area contributed by atoms with Gasteiger partial charge in [0.15, 0.2) is 0 Å². The minimum Gasteiger partial charge on any atom is -0.340 e. The fourth-order valence-electron chi connectivity index (χ4n) is 4.73. The minimum atomic E-state index is 0.0475. The molecule has 138 valence electrons. The SMILES string of the molecule is Cn1c(C(=O)N2C[C@H]3C[C@@H](C2)c2cccc(=O)n2C3)cc2ccc(Cl)cc21. The summed E-state index contributed by atoms with van der Waals surface area (Å²) in [5, 5.41) is 1.68. The van der Waals surface area contributed by atoms with Crippen LogP contribution in [0.4, 0.5) is 0 Å². The summed E-state index contributed by atoms with van der Waals surface area (Å²) in [7, 11) is 1.91. The number of benzene rings is 1. The molecule has 1 fully saturated rings. The molecule has 0 saturated carbocycles. The molecule has 1 saturated heterocycles. The molecule has 0 unspecified atom stereocenters. The number of fused-ring (bicyclic) bond motifs is 5. The Morgan fingerprint density at radius 2 is 1.96 bits per heavy atom. The van der Waals surface area contributed by atoms with Crippen molar-refractivity contribution in [1.82, 2.24) is 14.0 Å². The van der Waals surface area contributed by atoms with Crippen LogP contribution in [0.5, 0.6) is 0 Å². The van der Waals surface area contributed by atoms with E-state index in [1.807, 2.05) is 57.5 Å². The highest BCUT2D eigenvalue weighted by Gasteiger charge is 2.37. The van der Waals surface area contributed by atoms with Crippen LogP contribution in [0, 0.1) is 5.92 Å². The van der Waals surface area contributed by atoms with Gasteiger partial charge in [0.05, 0.1) is 0 Å². The summed E-state index contributed by atoms with van der Waals surface area (Å²) in [4.78, 5) is 27.4. The average Bonchev–Trinajstić information content (AvgIpc) is 2.98. The van der Waals surface area contributed by atoms with Crippen LogP contribution in [0.3, 0.4) is 0 Å². The van der Waals surface area contributed by atoms with Gasteiger partial charge in [-0.3, -0.25) is 9.59 Å². The number of carbonyl (C=O) groups is 1. The van der Waals surface area contributed by atoms with E-state index in [0.29, 0.717) is 36.3 Å². The predicted octanol–water partition coefficient (Wildman–Crippen LogP) is 3.25. The molecule has 2 aliphatic heterocycles. The summed E-state index contributed by atoms with van der Waals surface area (Å²) in [6.45, 7) is 2.04. The molecule has 1 aromatic carbocycles. The summed E-state index contributed by atoms with van der Waals surface area (Å²) in [5.41, 5.74) is 2.75. The maximum Gasteiger partial charge on any atom is 0.270 e. The molecule has 5 nitrogen and oxygen atoms in total. The highest BCUT2D eigenvalue weighted by atomic mass is 35.5. The lowest BCUT2D eigenvalue weighted by Crippen LogP contribution is -2.49. The average molecular weight is 382 g/mol. The first-order valence-electron chi connectivity index (χ1n) is 9.25. The number of aryl methyl sites for hydroxylation is 1. The maximum absolute atomic E-state index is 13.3. The first kappa shape index (κ1) is 16.6. The number of amides is 1. The Morgan fingerprint density at radius 1 is 1.11 bits per heavy atom. The molecule has 2 bridgehead atoms. The largest absolute Gasteiger partial charge is 0.340 e. The van der Waals surface area contributed by atoms with E-state index < -0.39 is 0 Å². The van der Waals surface area contributed by atoms with Gasteiger partial charge in [0.1, 0.15) is 5.69 Å². The van der Waals surface area contributed by atoms with E-state index >= 15 is 0 Å². The fourth-order valence-corrected chi connectivity index (χ4v) is 4.90. The lowest BCUT2D eigenvalue weighted by Gasteiger charge is -2.42.